The average Bonchev–Trinajstić information content (AvgIpc) is 2.82. The van der Waals surface area contributed by atoms with Crippen molar-refractivity contribution in [2.24, 2.45) is 0 Å². The Labute approximate surface area is 126 Å². The zero-order chi connectivity index (χ0) is 15.1. The van der Waals surface area contributed by atoms with Crippen molar-refractivity contribution in [3.63, 3.8) is 0 Å². The third-order valence-corrected chi connectivity index (χ3v) is 3.51. The Morgan fingerprint density at radius 2 is 1.81 bits per heavy atom. The van der Waals surface area contributed by atoms with Gasteiger partial charge in [0, 0.05) is 26.2 Å². The van der Waals surface area contributed by atoms with Crippen LogP contribution in [0.3, 0.4) is 0 Å². The van der Waals surface area contributed by atoms with Gasteiger partial charge >= 0.3 is 0 Å². The lowest BCUT2D eigenvalue weighted by Gasteiger charge is -2.17. The van der Waals surface area contributed by atoms with Crippen molar-refractivity contribution in [3.05, 3.63) is 24.3 Å². The van der Waals surface area contributed by atoms with Crippen molar-refractivity contribution in [3.8, 4) is 11.5 Å². The molecule has 0 radical (unpaired) electrons. The molecule has 1 aromatic carbocycles. The van der Waals surface area contributed by atoms with Gasteiger partial charge in [-0.25, -0.2) is 0 Å². The van der Waals surface area contributed by atoms with E-state index in [4.69, 9.17) is 14.2 Å². The first-order valence-corrected chi connectivity index (χ1v) is 7.61. The Bertz CT molecular complexity index is 426. The van der Waals surface area contributed by atoms with Crippen LogP contribution in [0.2, 0.25) is 0 Å². The molecule has 1 aliphatic rings. The van der Waals surface area contributed by atoms with Gasteiger partial charge in [-0.3, -0.25) is 4.90 Å². The van der Waals surface area contributed by atoms with E-state index in [0.29, 0.717) is 26.4 Å². The SMILES string of the molecule is CCOc1ccccc1OCCN1C[C@@H](O)[C@H](OCC)C1. The molecule has 0 amide bonds. The Morgan fingerprint density at radius 1 is 1.10 bits per heavy atom. The summed E-state index contributed by atoms with van der Waals surface area (Å²) in [5.74, 6) is 1.54. The van der Waals surface area contributed by atoms with E-state index in [9.17, 15) is 5.11 Å². The first-order valence-electron chi connectivity index (χ1n) is 7.61. The second kappa shape index (κ2) is 8.22. The van der Waals surface area contributed by atoms with Crippen LogP contribution >= 0.6 is 0 Å². The molecule has 1 aromatic rings. The molecule has 0 aromatic heterocycles. The van der Waals surface area contributed by atoms with E-state index < -0.39 is 6.10 Å². The van der Waals surface area contributed by atoms with Gasteiger partial charge in [-0.1, -0.05) is 12.1 Å². The van der Waals surface area contributed by atoms with Gasteiger partial charge in [-0.05, 0) is 26.0 Å². The molecular weight excluding hydrogens is 270 g/mol. The van der Waals surface area contributed by atoms with E-state index >= 15 is 0 Å². The molecule has 21 heavy (non-hydrogen) atoms. The van der Waals surface area contributed by atoms with Crippen molar-refractivity contribution < 1.29 is 19.3 Å². The number of benzene rings is 1. The van der Waals surface area contributed by atoms with Crippen LogP contribution in [0.15, 0.2) is 24.3 Å². The summed E-state index contributed by atoms with van der Waals surface area (Å²) in [4.78, 5) is 2.16. The molecule has 5 nitrogen and oxygen atoms in total. The summed E-state index contributed by atoms with van der Waals surface area (Å²) < 4.78 is 16.8. The summed E-state index contributed by atoms with van der Waals surface area (Å²) in [6.07, 6.45) is -0.480. The Hall–Kier alpha value is -1.30. The van der Waals surface area contributed by atoms with Crippen molar-refractivity contribution in [1.29, 1.82) is 0 Å². The summed E-state index contributed by atoms with van der Waals surface area (Å²) in [5.41, 5.74) is 0. The van der Waals surface area contributed by atoms with Gasteiger partial charge in [0.15, 0.2) is 11.5 Å². The highest BCUT2D eigenvalue weighted by Gasteiger charge is 2.31. The molecule has 1 heterocycles. The molecule has 0 saturated carbocycles. The minimum absolute atomic E-state index is 0.0780. The molecule has 1 fully saturated rings. The first-order chi connectivity index (χ1) is 10.2. The second-order valence-corrected chi connectivity index (χ2v) is 5.05. The zero-order valence-electron chi connectivity index (χ0n) is 12.8. The average molecular weight is 295 g/mol. The smallest absolute Gasteiger partial charge is 0.161 e. The highest BCUT2D eigenvalue weighted by molar-refractivity contribution is 5.39. The Balaban J connectivity index is 1.77. The number of nitrogens with zero attached hydrogens (tertiary/aromatic N) is 1. The van der Waals surface area contributed by atoms with E-state index in [0.717, 1.165) is 24.6 Å². The van der Waals surface area contributed by atoms with Gasteiger partial charge in [-0.15, -0.1) is 0 Å². The molecule has 2 rings (SSSR count). The van der Waals surface area contributed by atoms with Crippen LogP contribution in [0.5, 0.6) is 11.5 Å². The lowest BCUT2D eigenvalue weighted by atomic mass is 10.3. The number of β-amino-alcohol motifs (C(OH)–C–C–N with tert-alkyl or cyclic N) is 1. The molecule has 1 aliphatic heterocycles. The van der Waals surface area contributed by atoms with Crippen molar-refractivity contribution in [2.75, 3.05) is 39.5 Å². The number of hydrogen-bond donors (Lipinski definition) is 1. The molecule has 0 aliphatic carbocycles. The number of para-hydroxylation sites is 2. The number of aliphatic hydroxyl groups is 1. The molecule has 1 saturated heterocycles. The van der Waals surface area contributed by atoms with Crippen LogP contribution in [-0.4, -0.2) is 61.7 Å². The fourth-order valence-electron chi connectivity index (χ4n) is 2.52. The summed E-state index contributed by atoms with van der Waals surface area (Å²) in [7, 11) is 0. The molecule has 0 spiro atoms. The first kappa shape index (κ1) is 16.1. The van der Waals surface area contributed by atoms with Gasteiger partial charge in [0.25, 0.3) is 0 Å². The van der Waals surface area contributed by atoms with E-state index in [-0.39, 0.29) is 6.10 Å². The fourth-order valence-corrected chi connectivity index (χ4v) is 2.52. The number of hydrogen-bond acceptors (Lipinski definition) is 5. The van der Waals surface area contributed by atoms with Gasteiger partial charge in [0.2, 0.25) is 0 Å². The van der Waals surface area contributed by atoms with Crippen LogP contribution in [0.25, 0.3) is 0 Å². The van der Waals surface area contributed by atoms with Gasteiger partial charge < -0.3 is 19.3 Å². The largest absolute Gasteiger partial charge is 0.490 e. The van der Waals surface area contributed by atoms with Crippen molar-refractivity contribution >= 4 is 0 Å². The van der Waals surface area contributed by atoms with E-state index in [1.165, 1.54) is 0 Å². The van der Waals surface area contributed by atoms with Crippen molar-refractivity contribution in [1.82, 2.24) is 4.90 Å². The van der Waals surface area contributed by atoms with E-state index in [1.807, 2.05) is 38.1 Å². The predicted molar refractivity (Wildman–Crippen MR) is 81.0 cm³/mol. The van der Waals surface area contributed by atoms with E-state index in [1.54, 1.807) is 0 Å². The van der Waals surface area contributed by atoms with Gasteiger partial charge in [-0.2, -0.15) is 0 Å². The maximum atomic E-state index is 9.89. The minimum atomic E-state index is -0.402. The van der Waals surface area contributed by atoms with Crippen LogP contribution in [0.1, 0.15) is 13.8 Å². The van der Waals surface area contributed by atoms with E-state index in [2.05, 4.69) is 4.90 Å². The van der Waals surface area contributed by atoms with Crippen molar-refractivity contribution in [2.45, 2.75) is 26.1 Å². The summed E-state index contributed by atoms with van der Waals surface area (Å²) >= 11 is 0. The Morgan fingerprint density at radius 3 is 2.48 bits per heavy atom. The quantitative estimate of drug-likeness (QED) is 0.788. The maximum absolute atomic E-state index is 9.89. The summed E-state index contributed by atoms with van der Waals surface area (Å²) in [5, 5.41) is 9.89. The molecular formula is C16H25NO4. The lowest BCUT2D eigenvalue weighted by Crippen LogP contribution is -2.28. The fraction of sp³-hybridized carbons (Fsp3) is 0.625. The summed E-state index contributed by atoms with van der Waals surface area (Å²) in [6, 6.07) is 7.68. The molecule has 118 valence electrons. The number of rotatable bonds is 8. The normalized spacial score (nSPS) is 22.4. The third-order valence-electron chi connectivity index (χ3n) is 3.51. The molecule has 0 bridgehead atoms. The topological polar surface area (TPSA) is 51.2 Å². The number of ether oxygens (including phenoxy) is 3. The van der Waals surface area contributed by atoms with Crippen LogP contribution in [0.4, 0.5) is 0 Å². The monoisotopic (exact) mass is 295 g/mol. The third kappa shape index (κ3) is 4.59. The second-order valence-electron chi connectivity index (χ2n) is 5.05. The minimum Gasteiger partial charge on any atom is -0.490 e. The van der Waals surface area contributed by atoms with Crippen LogP contribution < -0.4 is 9.47 Å². The number of likely N-dealkylation sites (tertiary alicyclic amines) is 1. The van der Waals surface area contributed by atoms with Gasteiger partial charge in [0.1, 0.15) is 6.61 Å². The Kier molecular flexibility index (Phi) is 6.29. The standard InChI is InChI=1S/C16H25NO4/c1-3-19-14-7-5-6-8-15(14)21-10-9-17-11-13(18)16(12-17)20-4-2/h5-8,13,16,18H,3-4,9-12H2,1-2H3/t13-,16-/m1/s1. The number of aliphatic hydroxyl groups excluding tert-OH is 1. The van der Waals surface area contributed by atoms with Crippen LogP contribution in [0, 0.1) is 0 Å². The highest BCUT2D eigenvalue weighted by Crippen LogP contribution is 2.26. The summed E-state index contributed by atoms with van der Waals surface area (Å²) in [6.45, 7) is 7.88. The lowest BCUT2D eigenvalue weighted by molar-refractivity contribution is -0.00245. The van der Waals surface area contributed by atoms with Gasteiger partial charge in [0.05, 0.1) is 18.8 Å². The molecule has 5 heteroatoms. The predicted octanol–water partition coefficient (Wildman–Crippen LogP) is 1.55. The zero-order valence-corrected chi connectivity index (χ0v) is 12.8. The molecule has 1 N–H and O–H groups in total. The molecule has 2 atom stereocenters. The molecule has 0 unspecified atom stereocenters. The maximum Gasteiger partial charge on any atom is 0.161 e. The highest BCUT2D eigenvalue weighted by atomic mass is 16.5. The van der Waals surface area contributed by atoms with Crippen LogP contribution in [-0.2, 0) is 4.74 Å².